The minimum atomic E-state index is -1.72. The molecule has 0 aliphatic carbocycles. The largest absolute Gasteiger partial charge is 0.643 e. The molecule has 0 saturated carbocycles. The lowest BCUT2D eigenvalue weighted by molar-refractivity contribution is 0.590. The van der Waals surface area contributed by atoms with Gasteiger partial charge < -0.3 is 0 Å². The molecule has 0 bridgehead atoms. The second-order valence-electron chi connectivity index (χ2n) is 26.7. The highest BCUT2D eigenvalue weighted by Crippen LogP contribution is 2.33. The summed E-state index contributed by atoms with van der Waals surface area (Å²) >= 11 is 20.4. The fourth-order valence-corrected chi connectivity index (χ4v) is 8.98. The predicted molar refractivity (Wildman–Crippen MR) is 369 cm³/mol. The molecular weight excluding hydrogens is 1230 g/mol. The standard InChI is InChI=1S/C33H39N3.C23H26ClN3.C10H14.C3Cl3N3.Al.3ClH/c1-31(2,3)25-16-10-22(11-17-25)28-34-29(23-12-18-26(19-13-23)32(4,5)6)36-30(35-28)24-14-20-27(21-15-24)33(7,8)9;1-22(2,3)17-11-7-15(8-12-17)19-25-20(27-21(24)26-19)16-9-13-18(14-10-16)23(4,5)6;1-10(2,3)9-7-5-4-6-8-9;4-1-7-2(5)9-3(6)8-1;;;;/h10-21H,1-9H3;7-14H,1-6H3;4-8H,1-3H3;;;3*1H/q;;;;+3;;;/p-3. The first kappa shape index (κ1) is 71.7. The highest BCUT2D eigenvalue weighted by molar-refractivity contribution is 7.54. The van der Waals surface area contributed by atoms with Gasteiger partial charge in [0.2, 0.25) is 21.1 Å². The zero-order chi connectivity index (χ0) is 64.2. The van der Waals surface area contributed by atoms with Crippen LogP contribution in [0.25, 0.3) is 56.9 Å². The van der Waals surface area contributed by atoms with E-state index < -0.39 is 11.4 Å². The van der Waals surface area contributed by atoms with Crippen LogP contribution in [0.4, 0.5) is 0 Å². The van der Waals surface area contributed by atoms with Crippen molar-refractivity contribution in [3.8, 4) is 56.9 Å². The van der Waals surface area contributed by atoms with Crippen molar-refractivity contribution in [2.75, 3.05) is 0 Å². The zero-order valence-electron chi connectivity index (χ0n) is 52.7. The fraction of sp³-hybridized carbons (Fsp3) is 0.348. The van der Waals surface area contributed by atoms with Crippen molar-refractivity contribution in [3.05, 3.63) is 206 Å². The second kappa shape index (κ2) is 30.4. The van der Waals surface area contributed by atoms with Gasteiger partial charge in [-0.05, 0) is 112 Å². The summed E-state index contributed by atoms with van der Waals surface area (Å²) in [4.78, 5) is 38.4. The second-order valence-corrected chi connectivity index (χ2v) is 34.5. The predicted octanol–water partition coefficient (Wildman–Crippen LogP) is 21.7. The first-order valence-electron chi connectivity index (χ1n) is 28.2. The highest BCUT2D eigenvalue weighted by Gasteiger charge is 2.21. The lowest BCUT2D eigenvalue weighted by Gasteiger charge is -2.20. The van der Waals surface area contributed by atoms with Crippen LogP contribution in [-0.2, 0) is 32.5 Å². The van der Waals surface area contributed by atoms with Crippen molar-refractivity contribution in [1.82, 2.24) is 44.9 Å². The number of hydrogen-bond acceptors (Lipinski definition) is 9. The zero-order valence-corrected chi connectivity index (χ0v) is 59.1. The molecule has 0 saturated heterocycles. The average Bonchev–Trinajstić information content (AvgIpc) is 1.63. The maximum absolute atomic E-state index is 6.20. The molecule has 6 aromatic carbocycles. The Balaban J connectivity index is 0.000000233. The minimum Gasteiger partial charge on any atom is -0.214 e. The van der Waals surface area contributed by atoms with Gasteiger partial charge in [0.25, 0.3) is 0 Å². The summed E-state index contributed by atoms with van der Waals surface area (Å²) in [5.41, 5.74) is 13.4. The van der Waals surface area contributed by atoms with Crippen LogP contribution >= 0.6 is 76.6 Å². The van der Waals surface area contributed by atoms with Crippen LogP contribution in [0.3, 0.4) is 0 Å². The molecule has 3 heterocycles. The number of rotatable bonds is 5. The molecule has 0 N–H and O–H groups in total. The van der Waals surface area contributed by atoms with Crippen LogP contribution in [0, 0.1) is 0 Å². The lowest BCUT2D eigenvalue weighted by Crippen LogP contribution is -2.11. The summed E-state index contributed by atoms with van der Waals surface area (Å²) in [7, 11) is 14.8. The molecule has 0 amide bonds. The maximum atomic E-state index is 6.20. The molecule has 86 heavy (non-hydrogen) atoms. The molecule has 0 unspecified atom stereocenters. The van der Waals surface area contributed by atoms with Crippen LogP contribution in [-0.4, -0.2) is 56.2 Å². The third-order valence-electron chi connectivity index (χ3n) is 13.5. The topological polar surface area (TPSA) is 116 Å². The monoisotopic (exact) mass is 1310 g/mol. The Morgan fingerprint density at radius 1 is 0.221 bits per heavy atom. The quantitative estimate of drug-likeness (QED) is 0.155. The van der Waals surface area contributed by atoms with E-state index in [2.05, 4.69) is 282 Å². The van der Waals surface area contributed by atoms with Gasteiger partial charge >= 0.3 is 11.4 Å². The summed E-state index contributed by atoms with van der Waals surface area (Å²) in [6, 6.07) is 52.9. The van der Waals surface area contributed by atoms with Crippen molar-refractivity contribution < 1.29 is 0 Å². The van der Waals surface area contributed by atoms with Gasteiger partial charge in [-0.15, -0.1) is 0 Å². The third kappa shape index (κ3) is 22.8. The number of nitrogens with zero attached hydrogens (tertiary/aromatic N) is 9. The van der Waals surface area contributed by atoms with E-state index in [9.17, 15) is 0 Å². The minimum absolute atomic E-state index is 0.000000000000000444. The summed E-state index contributed by atoms with van der Waals surface area (Å²) in [5, 5.41) is 0.204. The van der Waals surface area contributed by atoms with Crippen molar-refractivity contribution in [2.24, 2.45) is 0 Å². The first-order valence-corrected chi connectivity index (χ1v) is 35.0. The summed E-state index contributed by atoms with van der Waals surface area (Å²) < 4.78 is 0. The Morgan fingerprint density at radius 3 is 0.535 bits per heavy atom. The van der Waals surface area contributed by atoms with E-state index in [0.29, 0.717) is 34.5 Å². The molecule has 0 fully saturated rings. The van der Waals surface area contributed by atoms with Gasteiger partial charge in [0.1, 0.15) is 0 Å². The van der Waals surface area contributed by atoms with Gasteiger partial charge in [-0.1, -0.05) is 276 Å². The third-order valence-corrected chi connectivity index (χ3v) is 14.2. The van der Waals surface area contributed by atoms with Gasteiger partial charge in [-0.2, -0.15) is 24.9 Å². The molecule has 0 radical (unpaired) electrons. The van der Waals surface area contributed by atoms with Crippen LogP contribution in [0.15, 0.2) is 152 Å². The molecule has 0 spiro atoms. The van der Waals surface area contributed by atoms with Crippen molar-refractivity contribution in [2.45, 2.75) is 157 Å². The van der Waals surface area contributed by atoms with E-state index in [1.54, 1.807) is 0 Å². The summed E-state index contributed by atoms with van der Waals surface area (Å²) in [5.74, 6) is 3.25. The van der Waals surface area contributed by atoms with Gasteiger partial charge in [-0.25, -0.2) is 50.1 Å². The number of benzene rings is 6. The lowest BCUT2D eigenvalue weighted by atomic mass is 9.86. The summed E-state index contributed by atoms with van der Waals surface area (Å²) in [6.07, 6.45) is 0. The fourth-order valence-electron chi connectivity index (χ4n) is 8.21. The Kier molecular flexibility index (Phi) is 25.3. The summed E-state index contributed by atoms with van der Waals surface area (Å²) in [6.45, 7) is 39.9. The van der Waals surface area contributed by atoms with Gasteiger partial charge in [0, 0.05) is 27.8 Å². The Morgan fingerprint density at radius 2 is 0.372 bits per heavy atom. The Hall–Kier alpha value is -5.09. The molecular formula is C69H79AlCl7N9. The number of halogens is 7. The van der Waals surface area contributed by atoms with Crippen LogP contribution < -0.4 is 0 Å². The van der Waals surface area contributed by atoms with Gasteiger partial charge in [0.15, 0.2) is 29.1 Å². The normalized spacial score (nSPS) is 11.8. The molecule has 9 rings (SSSR count). The first-order chi connectivity index (χ1) is 39.8. The molecule has 452 valence electrons. The van der Waals surface area contributed by atoms with Crippen molar-refractivity contribution in [1.29, 1.82) is 0 Å². The molecule has 0 aliphatic heterocycles. The van der Waals surface area contributed by atoms with E-state index in [-0.39, 0.29) is 48.2 Å². The average molecular weight is 1310 g/mol. The molecule has 0 aliphatic rings. The van der Waals surface area contributed by atoms with Crippen LogP contribution in [0.5, 0.6) is 0 Å². The SMILES string of the molecule is CC(C)(C)c1ccc(-c2nc(-c3ccc(C(C)(C)C)cc3)nc(-c3ccc(C(C)(C)C)cc3)n2)cc1.CC(C)(C)c1ccc(-c2nc(Cl)nc(-c3ccc(C(C)(C)C)cc3)n2)cc1.CC(C)(C)c1ccccc1.Clc1nc(Cl)nc(Cl)n1.[Cl][Al]([Cl])[Cl]. The van der Waals surface area contributed by atoms with Crippen molar-refractivity contribution in [3.63, 3.8) is 0 Å². The Labute approximate surface area is 548 Å². The maximum Gasteiger partial charge on any atom is 0.643 e. The highest BCUT2D eigenvalue weighted by atomic mass is 35.8. The molecule has 9 aromatic rings. The number of hydrogen-bond donors (Lipinski definition) is 0. The van der Waals surface area contributed by atoms with E-state index in [4.69, 9.17) is 91.5 Å². The molecule has 9 nitrogen and oxygen atoms in total. The van der Waals surface area contributed by atoms with E-state index in [1.807, 2.05) is 24.3 Å². The van der Waals surface area contributed by atoms with E-state index >= 15 is 0 Å². The van der Waals surface area contributed by atoms with Crippen molar-refractivity contribution >= 4 is 87.9 Å². The van der Waals surface area contributed by atoms with Crippen LogP contribution in [0.2, 0.25) is 21.1 Å². The van der Waals surface area contributed by atoms with Gasteiger partial charge in [0.05, 0.1) is 0 Å². The van der Waals surface area contributed by atoms with E-state index in [1.165, 1.54) is 33.4 Å². The van der Waals surface area contributed by atoms with Crippen LogP contribution in [0.1, 0.15) is 158 Å². The Bertz CT molecular complexity index is 3270. The molecule has 0 atom stereocenters. The molecule has 3 aromatic heterocycles. The molecule has 17 heteroatoms. The smallest absolute Gasteiger partial charge is 0.214 e. The number of aromatic nitrogens is 9. The van der Waals surface area contributed by atoms with E-state index in [0.717, 1.165) is 27.8 Å². The van der Waals surface area contributed by atoms with Gasteiger partial charge in [-0.3, -0.25) is 0 Å².